The van der Waals surface area contributed by atoms with Crippen molar-refractivity contribution in [2.24, 2.45) is 0 Å². The summed E-state index contributed by atoms with van der Waals surface area (Å²) >= 11 is 0. The molecule has 1 saturated heterocycles. The second-order valence-corrected chi connectivity index (χ2v) is 4.69. The minimum atomic E-state index is 0.903. The summed E-state index contributed by atoms with van der Waals surface area (Å²) in [4.78, 5) is 9.99. The van der Waals surface area contributed by atoms with Gasteiger partial charge in [0.25, 0.3) is 0 Å². The number of hydrogen-bond acceptors (Lipinski definition) is 5. The number of likely N-dealkylation sites (N-methyl/N-ethyl adjacent to an activating group) is 1. The van der Waals surface area contributed by atoms with Crippen molar-refractivity contribution in [3.63, 3.8) is 0 Å². The topological polar surface area (TPSA) is 61.0 Å². The maximum Gasteiger partial charge on any atom is 0.137 e. The molecule has 0 saturated carbocycles. The van der Waals surface area contributed by atoms with Gasteiger partial charge in [-0.1, -0.05) is 6.92 Å². The summed E-state index contributed by atoms with van der Waals surface area (Å²) in [5, 5.41) is 3.84. The van der Waals surface area contributed by atoms with Crippen LogP contribution in [0.5, 0.6) is 0 Å². The predicted octanol–water partition coefficient (Wildman–Crippen LogP) is 1.54. The van der Waals surface area contributed by atoms with Crippen molar-refractivity contribution in [3.05, 3.63) is 31.4 Å². The molecule has 0 aromatic carbocycles. The smallest absolute Gasteiger partial charge is 0.137 e. The number of nitrogens with zero attached hydrogens (tertiary/aromatic N) is 6. The average Bonchev–Trinajstić information content (AvgIpc) is 3.29. The van der Waals surface area contributed by atoms with Gasteiger partial charge in [-0.05, 0) is 20.4 Å². The van der Waals surface area contributed by atoms with Gasteiger partial charge in [-0.15, -0.1) is 0 Å². The van der Waals surface area contributed by atoms with E-state index in [0.29, 0.717) is 0 Å². The van der Waals surface area contributed by atoms with Crippen LogP contribution in [-0.2, 0) is 17.8 Å². The molecule has 22 heavy (non-hydrogen) atoms. The molecule has 7 heteroatoms. The lowest BCUT2D eigenvalue weighted by molar-refractivity contribution is 0.0405. The molecule has 1 aliphatic heterocycles. The molecular weight excluding hydrogens is 280 g/mol. The third-order valence-electron chi connectivity index (χ3n) is 3.27. The zero-order valence-electron chi connectivity index (χ0n) is 13.9. The van der Waals surface area contributed by atoms with Crippen LogP contribution in [0.25, 0.3) is 0 Å². The first-order chi connectivity index (χ1) is 10.8. The molecule has 0 aliphatic carbocycles. The lowest BCUT2D eigenvalue weighted by atomic mass is 10.4. The molecule has 0 atom stereocenters. The quantitative estimate of drug-likeness (QED) is 0.861. The second kappa shape index (κ2) is 11.9. The molecule has 2 aromatic heterocycles. The molecule has 0 radical (unpaired) electrons. The highest BCUT2D eigenvalue weighted by atomic mass is 16.5. The predicted molar refractivity (Wildman–Crippen MR) is 86.5 cm³/mol. The molecular formula is C15H28N6O. The third-order valence-corrected chi connectivity index (χ3v) is 3.27. The van der Waals surface area contributed by atoms with E-state index < -0.39 is 0 Å². The summed E-state index contributed by atoms with van der Waals surface area (Å²) < 4.78 is 8.94. The SMILES string of the molecule is CCN1CCOCC1.CCn1ccnc1.CCn1cncn1. The van der Waals surface area contributed by atoms with Gasteiger partial charge in [0.1, 0.15) is 12.7 Å². The minimum absolute atomic E-state index is 0.903. The summed E-state index contributed by atoms with van der Waals surface area (Å²) in [5.74, 6) is 0. The fourth-order valence-corrected chi connectivity index (χ4v) is 1.79. The first-order valence-electron chi connectivity index (χ1n) is 7.88. The van der Waals surface area contributed by atoms with Gasteiger partial charge >= 0.3 is 0 Å². The van der Waals surface area contributed by atoms with Crippen LogP contribution < -0.4 is 0 Å². The number of aromatic nitrogens is 5. The van der Waals surface area contributed by atoms with Crippen molar-refractivity contribution in [2.75, 3.05) is 32.8 Å². The number of aryl methyl sites for hydroxylation is 2. The van der Waals surface area contributed by atoms with E-state index in [4.69, 9.17) is 4.74 Å². The summed E-state index contributed by atoms with van der Waals surface area (Å²) in [6, 6.07) is 0. The van der Waals surface area contributed by atoms with Crippen LogP contribution in [0.3, 0.4) is 0 Å². The number of hydrogen-bond donors (Lipinski definition) is 0. The van der Waals surface area contributed by atoms with Gasteiger partial charge in [-0.3, -0.25) is 9.58 Å². The minimum Gasteiger partial charge on any atom is -0.379 e. The fraction of sp³-hybridized carbons (Fsp3) is 0.667. The molecule has 124 valence electrons. The molecule has 2 aromatic rings. The van der Waals surface area contributed by atoms with Crippen molar-refractivity contribution >= 4 is 0 Å². The molecule has 0 amide bonds. The zero-order valence-corrected chi connectivity index (χ0v) is 13.9. The number of rotatable bonds is 3. The average molecular weight is 308 g/mol. The normalized spacial score (nSPS) is 14.5. The van der Waals surface area contributed by atoms with Crippen molar-refractivity contribution in [3.8, 4) is 0 Å². The number of imidazole rings is 1. The van der Waals surface area contributed by atoms with E-state index in [1.165, 1.54) is 12.9 Å². The molecule has 1 fully saturated rings. The molecule has 1 aliphatic rings. The van der Waals surface area contributed by atoms with Crippen molar-refractivity contribution in [1.82, 2.24) is 29.2 Å². The van der Waals surface area contributed by atoms with E-state index in [0.717, 1.165) is 39.4 Å². The Morgan fingerprint density at radius 3 is 2.05 bits per heavy atom. The summed E-state index contributed by atoms with van der Waals surface area (Å²) in [5.41, 5.74) is 0. The molecule has 3 heterocycles. The van der Waals surface area contributed by atoms with Gasteiger partial charge in [0.15, 0.2) is 0 Å². The maximum absolute atomic E-state index is 5.16. The lowest BCUT2D eigenvalue weighted by Gasteiger charge is -2.24. The van der Waals surface area contributed by atoms with Crippen LogP contribution in [0.1, 0.15) is 20.8 Å². The van der Waals surface area contributed by atoms with Crippen LogP contribution in [0, 0.1) is 0 Å². The lowest BCUT2D eigenvalue weighted by Crippen LogP contribution is -2.35. The van der Waals surface area contributed by atoms with Gasteiger partial charge in [0.2, 0.25) is 0 Å². The molecule has 0 spiro atoms. The fourth-order valence-electron chi connectivity index (χ4n) is 1.79. The van der Waals surface area contributed by atoms with E-state index in [1.807, 2.05) is 17.7 Å². The number of ether oxygens (including phenoxy) is 1. The number of morpholine rings is 1. The Morgan fingerprint density at radius 2 is 1.73 bits per heavy atom. The molecule has 0 N–H and O–H groups in total. The van der Waals surface area contributed by atoms with E-state index in [-0.39, 0.29) is 0 Å². The Bertz CT molecular complexity index is 402. The van der Waals surface area contributed by atoms with Gasteiger partial charge in [-0.2, -0.15) is 5.10 Å². The highest BCUT2D eigenvalue weighted by molar-refractivity contribution is 4.72. The highest BCUT2D eigenvalue weighted by Crippen LogP contribution is 1.93. The Morgan fingerprint density at radius 1 is 0.955 bits per heavy atom. The molecule has 7 nitrogen and oxygen atoms in total. The Balaban J connectivity index is 0.000000166. The van der Waals surface area contributed by atoms with Crippen LogP contribution in [0.4, 0.5) is 0 Å². The van der Waals surface area contributed by atoms with E-state index in [2.05, 4.69) is 33.8 Å². The van der Waals surface area contributed by atoms with Crippen molar-refractivity contribution < 1.29 is 4.74 Å². The second-order valence-electron chi connectivity index (χ2n) is 4.69. The Kier molecular flexibility index (Phi) is 9.89. The van der Waals surface area contributed by atoms with Gasteiger partial charge in [0.05, 0.1) is 19.5 Å². The van der Waals surface area contributed by atoms with Crippen LogP contribution in [0.2, 0.25) is 0 Å². The van der Waals surface area contributed by atoms with Crippen molar-refractivity contribution in [2.45, 2.75) is 33.9 Å². The molecule has 3 rings (SSSR count). The molecule has 0 unspecified atom stereocenters. The third kappa shape index (κ3) is 7.90. The summed E-state index contributed by atoms with van der Waals surface area (Å²) in [7, 11) is 0. The van der Waals surface area contributed by atoms with Crippen molar-refractivity contribution in [1.29, 1.82) is 0 Å². The Labute approximate surface area is 132 Å². The van der Waals surface area contributed by atoms with E-state index >= 15 is 0 Å². The van der Waals surface area contributed by atoms with Crippen LogP contribution in [0.15, 0.2) is 31.4 Å². The van der Waals surface area contributed by atoms with Gasteiger partial charge in [0, 0.05) is 38.6 Å². The monoisotopic (exact) mass is 308 g/mol. The standard InChI is InChI=1S/C6H13NO.C5H8N2.C4H7N3/c1-2-7-3-5-8-6-4-7;1-2-7-4-3-6-5-7;1-2-7-4-5-3-6-7/h2-6H2,1H3;3-5H,2H2,1H3;3-4H,2H2,1H3. The van der Waals surface area contributed by atoms with E-state index in [9.17, 15) is 0 Å². The van der Waals surface area contributed by atoms with Gasteiger partial charge < -0.3 is 9.30 Å². The van der Waals surface area contributed by atoms with E-state index in [1.54, 1.807) is 23.5 Å². The highest BCUT2D eigenvalue weighted by Gasteiger charge is 2.05. The first kappa shape index (κ1) is 18.3. The summed E-state index contributed by atoms with van der Waals surface area (Å²) in [6.45, 7) is 13.5. The maximum atomic E-state index is 5.16. The zero-order chi connectivity index (χ0) is 16.0. The van der Waals surface area contributed by atoms with Crippen LogP contribution in [-0.4, -0.2) is 62.1 Å². The Hall–Kier alpha value is -1.73. The first-order valence-corrected chi connectivity index (χ1v) is 7.88. The van der Waals surface area contributed by atoms with Crippen LogP contribution >= 0.6 is 0 Å². The molecule has 0 bridgehead atoms. The van der Waals surface area contributed by atoms with Gasteiger partial charge in [-0.25, -0.2) is 9.97 Å². The summed E-state index contributed by atoms with van der Waals surface area (Å²) in [6.07, 6.45) is 8.76. The largest absolute Gasteiger partial charge is 0.379 e.